The van der Waals surface area contributed by atoms with Crippen molar-refractivity contribution in [2.45, 2.75) is 110 Å². The number of hydrogen-bond donors (Lipinski definition) is 2. The Morgan fingerprint density at radius 2 is 1.78 bits per heavy atom. The molecule has 3 amide bonds. The van der Waals surface area contributed by atoms with E-state index in [0.717, 1.165) is 50.5 Å². The van der Waals surface area contributed by atoms with Crippen LogP contribution in [0.1, 0.15) is 96.7 Å². The molecule has 0 spiro atoms. The van der Waals surface area contributed by atoms with E-state index >= 15 is 0 Å². The van der Waals surface area contributed by atoms with E-state index in [1.807, 2.05) is 30.5 Å². The van der Waals surface area contributed by atoms with Gasteiger partial charge in [0.15, 0.2) is 0 Å². The lowest BCUT2D eigenvalue weighted by molar-refractivity contribution is -0.147. The van der Waals surface area contributed by atoms with Gasteiger partial charge in [0, 0.05) is 12.6 Å². The summed E-state index contributed by atoms with van der Waals surface area (Å²) >= 11 is 1.62. The molecule has 2 rings (SSSR count). The van der Waals surface area contributed by atoms with E-state index in [2.05, 4.69) is 24.5 Å². The number of carbonyl (C=O) groups excluding carboxylic acids is 3. The Morgan fingerprint density at radius 3 is 2.30 bits per heavy atom. The van der Waals surface area contributed by atoms with E-state index in [4.69, 9.17) is 4.74 Å². The molecular formula is C29H47N3O4S. The van der Waals surface area contributed by atoms with Crippen LogP contribution in [0, 0.1) is 0 Å². The van der Waals surface area contributed by atoms with Gasteiger partial charge < -0.3 is 20.3 Å². The van der Waals surface area contributed by atoms with Crippen LogP contribution in [0.5, 0.6) is 0 Å². The summed E-state index contributed by atoms with van der Waals surface area (Å²) in [4.78, 5) is 42.3. The first-order chi connectivity index (χ1) is 17.6. The van der Waals surface area contributed by atoms with Gasteiger partial charge in [0.25, 0.3) is 0 Å². The van der Waals surface area contributed by atoms with Crippen molar-refractivity contribution in [1.29, 1.82) is 0 Å². The zero-order valence-electron chi connectivity index (χ0n) is 23.6. The lowest BCUT2D eigenvalue weighted by Gasteiger charge is -2.43. The average molecular weight is 534 g/mol. The summed E-state index contributed by atoms with van der Waals surface area (Å²) in [6.45, 7) is 10.2. The SMILES string of the molecule is CCCCCNC(=O)C(c1ccc(CC)cc1)N(C(=O)C(CCSC)NC(=O)OC(C)(C)C)C1CCC1. The van der Waals surface area contributed by atoms with Gasteiger partial charge >= 0.3 is 6.09 Å². The highest BCUT2D eigenvalue weighted by Crippen LogP contribution is 2.34. The van der Waals surface area contributed by atoms with Gasteiger partial charge in [0.2, 0.25) is 11.8 Å². The van der Waals surface area contributed by atoms with Gasteiger partial charge in [-0.15, -0.1) is 0 Å². The predicted octanol–water partition coefficient (Wildman–Crippen LogP) is 5.62. The molecule has 208 valence electrons. The van der Waals surface area contributed by atoms with Crippen molar-refractivity contribution >= 4 is 29.7 Å². The standard InChI is InChI=1S/C29H47N3O4S/c1-7-9-10-19-30-26(33)25(22-16-14-21(8-2)15-17-22)32(23-12-11-13-23)27(34)24(18-20-37-6)31-28(35)36-29(3,4)5/h14-17,23-25H,7-13,18-20H2,1-6H3,(H,30,33)(H,31,35). The predicted molar refractivity (Wildman–Crippen MR) is 152 cm³/mol. The number of hydrogen-bond acceptors (Lipinski definition) is 5. The molecule has 0 heterocycles. The van der Waals surface area contributed by atoms with Gasteiger partial charge in [0.05, 0.1) is 0 Å². The molecule has 1 aliphatic rings. The number of unbranched alkanes of at least 4 members (excludes halogenated alkanes) is 2. The van der Waals surface area contributed by atoms with E-state index in [0.29, 0.717) is 18.7 Å². The molecule has 0 aromatic heterocycles. The molecule has 2 unspecified atom stereocenters. The Balaban J connectivity index is 2.41. The molecule has 1 fully saturated rings. The summed E-state index contributed by atoms with van der Waals surface area (Å²) in [5, 5.41) is 5.91. The van der Waals surface area contributed by atoms with Gasteiger partial charge in [-0.1, -0.05) is 51.0 Å². The molecule has 2 atom stereocenters. The minimum absolute atomic E-state index is 0.0399. The number of alkyl carbamates (subject to hydrolysis) is 1. The lowest BCUT2D eigenvalue weighted by Crippen LogP contribution is -2.57. The van der Waals surface area contributed by atoms with Crippen molar-refractivity contribution in [2.75, 3.05) is 18.6 Å². The molecule has 37 heavy (non-hydrogen) atoms. The second-order valence-corrected chi connectivity index (χ2v) is 11.8. The van der Waals surface area contributed by atoms with Crippen molar-refractivity contribution < 1.29 is 19.1 Å². The molecule has 7 nitrogen and oxygen atoms in total. The third-order valence-electron chi connectivity index (χ3n) is 6.63. The fourth-order valence-corrected chi connectivity index (χ4v) is 4.83. The van der Waals surface area contributed by atoms with Crippen molar-refractivity contribution in [3.05, 3.63) is 35.4 Å². The molecule has 1 saturated carbocycles. The van der Waals surface area contributed by atoms with Crippen LogP contribution in [0.4, 0.5) is 4.79 Å². The second kappa shape index (κ2) is 15.3. The summed E-state index contributed by atoms with van der Waals surface area (Å²) in [7, 11) is 0. The van der Waals surface area contributed by atoms with Gasteiger partial charge in [-0.05, 0) is 82.4 Å². The van der Waals surface area contributed by atoms with Crippen molar-refractivity contribution in [3.63, 3.8) is 0 Å². The van der Waals surface area contributed by atoms with Gasteiger partial charge in [0.1, 0.15) is 17.7 Å². The summed E-state index contributed by atoms with van der Waals surface area (Å²) in [6.07, 6.45) is 8.43. The quantitative estimate of drug-likeness (QED) is 0.303. The molecule has 0 radical (unpaired) electrons. The zero-order valence-corrected chi connectivity index (χ0v) is 24.4. The number of nitrogens with zero attached hydrogens (tertiary/aromatic N) is 1. The summed E-state index contributed by atoms with van der Waals surface area (Å²) in [5.41, 5.74) is 1.30. The average Bonchev–Trinajstić information content (AvgIpc) is 2.81. The molecule has 1 aromatic rings. The number of ether oxygens (including phenoxy) is 1. The number of nitrogens with one attached hydrogen (secondary N) is 2. The van der Waals surface area contributed by atoms with Crippen LogP contribution in [-0.4, -0.2) is 59.0 Å². The van der Waals surface area contributed by atoms with E-state index in [1.54, 1.807) is 37.4 Å². The van der Waals surface area contributed by atoms with Crippen LogP contribution in [0.2, 0.25) is 0 Å². The third-order valence-corrected chi connectivity index (χ3v) is 7.28. The molecule has 0 aliphatic heterocycles. The first-order valence-corrected chi connectivity index (χ1v) is 15.2. The minimum Gasteiger partial charge on any atom is -0.444 e. The molecule has 1 aliphatic carbocycles. The van der Waals surface area contributed by atoms with Crippen LogP contribution in [-0.2, 0) is 20.7 Å². The number of rotatable bonds is 14. The fourth-order valence-electron chi connectivity index (χ4n) is 4.36. The van der Waals surface area contributed by atoms with Crippen LogP contribution in [0.15, 0.2) is 24.3 Å². The molecule has 8 heteroatoms. The van der Waals surface area contributed by atoms with Gasteiger partial charge in [-0.25, -0.2) is 4.79 Å². The van der Waals surface area contributed by atoms with Gasteiger partial charge in [-0.3, -0.25) is 9.59 Å². The summed E-state index contributed by atoms with van der Waals surface area (Å²) < 4.78 is 5.47. The second-order valence-electron chi connectivity index (χ2n) is 10.8. The van der Waals surface area contributed by atoms with Crippen molar-refractivity contribution in [1.82, 2.24) is 15.5 Å². The highest BCUT2D eigenvalue weighted by atomic mass is 32.2. The first kappa shape index (κ1) is 31.0. The Labute approximate surface area is 227 Å². The normalized spacial score (nSPS) is 15.3. The first-order valence-electron chi connectivity index (χ1n) is 13.8. The number of carbonyl (C=O) groups is 3. The van der Waals surface area contributed by atoms with Crippen LogP contribution in [0.25, 0.3) is 0 Å². The van der Waals surface area contributed by atoms with Crippen LogP contribution >= 0.6 is 11.8 Å². The maximum atomic E-state index is 14.2. The Hall–Kier alpha value is -2.22. The van der Waals surface area contributed by atoms with Crippen LogP contribution in [0.3, 0.4) is 0 Å². The van der Waals surface area contributed by atoms with Crippen molar-refractivity contribution in [3.8, 4) is 0 Å². The highest BCUT2D eigenvalue weighted by Gasteiger charge is 2.41. The number of thioether (sulfide) groups is 1. The van der Waals surface area contributed by atoms with E-state index in [-0.39, 0.29) is 17.9 Å². The smallest absolute Gasteiger partial charge is 0.408 e. The van der Waals surface area contributed by atoms with Crippen LogP contribution < -0.4 is 10.6 Å². The maximum Gasteiger partial charge on any atom is 0.408 e. The Morgan fingerprint density at radius 1 is 1.11 bits per heavy atom. The highest BCUT2D eigenvalue weighted by molar-refractivity contribution is 7.98. The summed E-state index contributed by atoms with van der Waals surface area (Å²) in [5.74, 6) is 0.309. The number of benzene rings is 1. The minimum atomic E-state index is -0.770. The molecule has 1 aromatic carbocycles. The topological polar surface area (TPSA) is 87.7 Å². The number of amides is 3. The van der Waals surface area contributed by atoms with Gasteiger partial charge in [-0.2, -0.15) is 11.8 Å². The Kier molecular flexibility index (Phi) is 12.8. The molecule has 0 saturated heterocycles. The lowest BCUT2D eigenvalue weighted by atomic mass is 9.87. The fraction of sp³-hybridized carbons (Fsp3) is 0.690. The largest absolute Gasteiger partial charge is 0.444 e. The van der Waals surface area contributed by atoms with E-state index in [1.165, 1.54) is 5.56 Å². The Bertz CT molecular complexity index is 865. The van der Waals surface area contributed by atoms with E-state index < -0.39 is 23.8 Å². The molecular weight excluding hydrogens is 486 g/mol. The molecule has 0 bridgehead atoms. The monoisotopic (exact) mass is 533 g/mol. The van der Waals surface area contributed by atoms with Crippen molar-refractivity contribution in [2.24, 2.45) is 0 Å². The number of aryl methyl sites for hydroxylation is 1. The zero-order chi connectivity index (χ0) is 27.4. The third kappa shape index (κ3) is 9.87. The maximum absolute atomic E-state index is 14.2. The summed E-state index contributed by atoms with van der Waals surface area (Å²) in [6, 6.07) is 6.43. The van der Waals surface area contributed by atoms with E-state index in [9.17, 15) is 14.4 Å². The molecule has 2 N–H and O–H groups in total.